The van der Waals surface area contributed by atoms with Crippen molar-refractivity contribution in [2.75, 3.05) is 13.1 Å². The molecule has 1 unspecified atom stereocenters. The fourth-order valence-electron chi connectivity index (χ4n) is 3.07. The molecule has 0 radical (unpaired) electrons. The van der Waals surface area contributed by atoms with Gasteiger partial charge in [-0.3, -0.25) is 4.90 Å². The van der Waals surface area contributed by atoms with Gasteiger partial charge in [0, 0.05) is 31.2 Å². The Balaban J connectivity index is 2.21. The van der Waals surface area contributed by atoms with Gasteiger partial charge in [0.15, 0.2) is 0 Å². The minimum atomic E-state index is -0.353. The van der Waals surface area contributed by atoms with Gasteiger partial charge in [0.2, 0.25) is 0 Å². The predicted molar refractivity (Wildman–Crippen MR) is 87.1 cm³/mol. The van der Waals surface area contributed by atoms with Gasteiger partial charge < -0.3 is 5.32 Å². The van der Waals surface area contributed by atoms with E-state index in [9.17, 15) is 4.39 Å². The van der Waals surface area contributed by atoms with Gasteiger partial charge in [0.25, 0.3) is 0 Å². The average Bonchev–Trinajstić information content (AvgIpc) is 2.31. The van der Waals surface area contributed by atoms with Crippen LogP contribution in [0, 0.1) is 11.2 Å². The lowest BCUT2D eigenvalue weighted by atomic mass is 9.82. The summed E-state index contributed by atoms with van der Waals surface area (Å²) in [5.74, 6) is -0.353. The Labute approximate surface area is 132 Å². The van der Waals surface area contributed by atoms with Crippen LogP contribution in [-0.2, 0) is 6.54 Å². The van der Waals surface area contributed by atoms with Crippen molar-refractivity contribution in [3.63, 3.8) is 0 Å². The lowest BCUT2D eigenvalue weighted by Crippen LogP contribution is -2.64. The molecule has 0 bridgehead atoms. The molecule has 1 aromatic carbocycles. The smallest absolute Gasteiger partial charge is 0.141 e. The van der Waals surface area contributed by atoms with Crippen molar-refractivity contribution in [2.45, 2.75) is 52.7 Å². The first kappa shape index (κ1) is 16.7. The number of hydrogen-bond donors (Lipinski definition) is 1. The number of rotatable bonds is 2. The Kier molecular flexibility index (Phi) is 4.67. The van der Waals surface area contributed by atoms with Gasteiger partial charge >= 0.3 is 0 Å². The third-order valence-corrected chi connectivity index (χ3v) is 4.47. The van der Waals surface area contributed by atoms with Crippen LogP contribution in [0.5, 0.6) is 0 Å². The second kappa shape index (κ2) is 5.86. The molecule has 1 N–H and O–H groups in total. The van der Waals surface area contributed by atoms with Gasteiger partial charge in [0.05, 0.1) is 5.02 Å². The van der Waals surface area contributed by atoms with Crippen molar-refractivity contribution >= 4 is 11.6 Å². The second-order valence-corrected chi connectivity index (χ2v) is 8.21. The Morgan fingerprint density at radius 2 is 2.05 bits per heavy atom. The van der Waals surface area contributed by atoms with Crippen LogP contribution >= 0.6 is 11.6 Å². The summed E-state index contributed by atoms with van der Waals surface area (Å²) < 4.78 is 13.3. The molecule has 0 aliphatic carbocycles. The van der Waals surface area contributed by atoms with E-state index in [1.807, 2.05) is 6.07 Å². The molecule has 1 aromatic rings. The van der Waals surface area contributed by atoms with Crippen molar-refractivity contribution in [3.05, 3.63) is 34.6 Å². The zero-order valence-electron chi connectivity index (χ0n) is 13.6. The third kappa shape index (κ3) is 4.18. The molecular weight excluding hydrogens is 287 g/mol. The lowest BCUT2D eigenvalue weighted by Gasteiger charge is -2.49. The molecule has 1 heterocycles. The zero-order chi connectivity index (χ0) is 15.8. The van der Waals surface area contributed by atoms with E-state index in [-0.39, 0.29) is 21.8 Å². The maximum atomic E-state index is 13.3. The van der Waals surface area contributed by atoms with E-state index < -0.39 is 0 Å². The van der Waals surface area contributed by atoms with Gasteiger partial charge in [0.1, 0.15) is 5.82 Å². The minimum absolute atomic E-state index is 0.0889. The summed E-state index contributed by atoms with van der Waals surface area (Å²) in [7, 11) is 0. The molecular formula is C17H26ClFN2. The molecule has 21 heavy (non-hydrogen) atoms. The predicted octanol–water partition coefficient (Wildman–Crippen LogP) is 4.08. The molecule has 1 fully saturated rings. The molecule has 1 aliphatic heterocycles. The molecule has 0 saturated carbocycles. The fraction of sp³-hybridized carbons (Fsp3) is 0.647. The number of benzene rings is 1. The Morgan fingerprint density at radius 3 is 2.62 bits per heavy atom. The summed E-state index contributed by atoms with van der Waals surface area (Å²) in [6, 6.07) is 5.47. The van der Waals surface area contributed by atoms with Crippen LogP contribution in [0.3, 0.4) is 0 Å². The van der Waals surface area contributed by atoms with Crippen LogP contribution < -0.4 is 5.32 Å². The normalized spacial score (nSPS) is 23.3. The Hall–Kier alpha value is -0.640. The maximum Gasteiger partial charge on any atom is 0.141 e. The second-order valence-electron chi connectivity index (χ2n) is 7.80. The molecule has 0 aromatic heterocycles. The summed E-state index contributed by atoms with van der Waals surface area (Å²) in [6.07, 6.45) is 0. The van der Waals surface area contributed by atoms with E-state index in [1.54, 1.807) is 6.07 Å². The number of piperazine rings is 1. The monoisotopic (exact) mass is 312 g/mol. The van der Waals surface area contributed by atoms with Crippen molar-refractivity contribution in [2.24, 2.45) is 5.41 Å². The van der Waals surface area contributed by atoms with E-state index in [0.717, 1.165) is 25.2 Å². The first-order valence-corrected chi connectivity index (χ1v) is 7.89. The highest BCUT2D eigenvalue weighted by Gasteiger charge is 2.38. The maximum absolute atomic E-state index is 13.3. The number of nitrogens with zero attached hydrogens (tertiary/aromatic N) is 1. The molecule has 118 valence electrons. The number of nitrogens with one attached hydrogen (secondary N) is 1. The van der Waals surface area contributed by atoms with Crippen LogP contribution in [0.4, 0.5) is 4.39 Å². The average molecular weight is 313 g/mol. The number of halogens is 2. The minimum Gasteiger partial charge on any atom is -0.309 e. The molecule has 0 amide bonds. The largest absolute Gasteiger partial charge is 0.309 e. The van der Waals surface area contributed by atoms with Crippen LogP contribution in [0.1, 0.15) is 40.2 Å². The van der Waals surface area contributed by atoms with Crippen LogP contribution in [0.15, 0.2) is 18.2 Å². The van der Waals surface area contributed by atoms with E-state index in [2.05, 4.69) is 44.8 Å². The molecule has 1 aliphatic rings. The molecule has 4 heteroatoms. The summed E-state index contributed by atoms with van der Waals surface area (Å²) in [5, 5.41) is 3.83. The highest BCUT2D eigenvalue weighted by atomic mass is 35.5. The summed E-state index contributed by atoms with van der Waals surface area (Å²) in [5.41, 5.74) is 1.34. The molecule has 2 rings (SSSR count). The highest BCUT2D eigenvalue weighted by Crippen LogP contribution is 2.30. The van der Waals surface area contributed by atoms with E-state index in [1.165, 1.54) is 6.07 Å². The fourth-order valence-corrected chi connectivity index (χ4v) is 3.27. The first-order valence-electron chi connectivity index (χ1n) is 7.51. The van der Waals surface area contributed by atoms with Crippen molar-refractivity contribution in [1.29, 1.82) is 0 Å². The molecule has 1 saturated heterocycles. The molecule has 1 atom stereocenters. The van der Waals surface area contributed by atoms with Gasteiger partial charge in [-0.25, -0.2) is 4.39 Å². The topological polar surface area (TPSA) is 15.3 Å². The van der Waals surface area contributed by atoms with Gasteiger partial charge in [-0.1, -0.05) is 38.4 Å². The Morgan fingerprint density at radius 1 is 1.38 bits per heavy atom. The van der Waals surface area contributed by atoms with Crippen molar-refractivity contribution in [1.82, 2.24) is 10.2 Å². The van der Waals surface area contributed by atoms with Crippen LogP contribution in [-0.4, -0.2) is 29.6 Å². The SMILES string of the molecule is CC1(C)CN(Cc2ccc(F)c(Cl)c2)C(C(C)(C)C)CN1. The first-order chi connectivity index (χ1) is 9.58. The van der Waals surface area contributed by atoms with Crippen molar-refractivity contribution in [3.8, 4) is 0 Å². The summed E-state index contributed by atoms with van der Waals surface area (Å²) >= 11 is 5.91. The Bertz CT molecular complexity index is 508. The van der Waals surface area contributed by atoms with Gasteiger partial charge in [-0.05, 0) is 37.0 Å². The van der Waals surface area contributed by atoms with Gasteiger partial charge in [-0.2, -0.15) is 0 Å². The quantitative estimate of drug-likeness (QED) is 0.885. The third-order valence-electron chi connectivity index (χ3n) is 4.18. The zero-order valence-corrected chi connectivity index (χ0v) is 14.4. The van der Waals surface area contributed by atoms with E-state index in [0.29, 0.717) is 6.04 Å². The van der Waals surface area contributed by atoms with Crippen molar-refractivity contribution < 1.29 is 4.39 Å². The van der Waals surface area contributed by atoms with Crippen LogP contribution in [0.25, 0.3) is 0 Å². The van der Waals surface area contributed by atoms with Crippen LogP contribution in [0.2, 0.25) is 5.02 Å². The lowest BCUT2D eigenvalue weighted by molar-refractivity contribution is 0.0272. The molecule has 0 spiro atoms. The van der Waals surface area contributed by atoms with E-state index >= 15 is 0 Å². The molecule has 2 nitrogen and oxygen atoms in total. The summed E-state index contributed by atoms with van der Waals surface area (Å²) in [6.45, 7) is 14.0. The number of hydrogen-bond acceptors (Lipinski definition) is 2. The highest BCUT2D eigenvalue weighted by molar-refractivity contribution is 6.30. The van der Waals surface area contributed by atoms with E-state index in [4.69, 9.17) is 11.6 Å². The van der Waals surface area contributed by atoms with Gasteiger partial charge in [-0.15, -0.1) is 0 Å². The summed E-state index contributed by atoms with van der Waals surface area (Å²) in [4.78, 5) is 2.49. The standard InChI is InChI=1S/C17H26ClFN2/c1-16(2,3)15-9-20-17(4,5)11-21(15)10-12-6-7-14(19)13(18)8-12/h6-8,15,20H,9-11H2,1-5H3.